The van der Waals surface area contributed by atoms with Crippen LogP contribution < -0.4 is 10.0 Å². The third-order valence-electron chi connectivity index (χ3n) is 3.85. The first-order valence-electron chi connectivity index (χ1n) is 8.42. The van der Waals surface area contributed by atoms with Crippen molar-refractivity contribution in [2.75, 3.05) is 10.0 Å². The molecule has 0 atom stereocenters. The molecule has 0 aliphatic rings. The third-order valence-corrected chi connectivity index (χ3v) is 5.45. The van der Waals surface area contributed by atoms with Gasteiger partial charge in [-0.3, -0.25) is 9.52 Å². The van der Waals surface area contributed by atoms with Gasteiger partial charge in [-0.05, 0) is 55.3 Å². The standard InChI is InChI=1S/C19H18ClN3O4S/c1-13-11-18(22-27-13)23-28(25,26)17-8-6-16(7-9-17)21-19(24)10-5-14-3-2-4-15(20)12-14/h2-4,6-9,11-12H,5,10H2,1H3,(H,21,24)(H,22,23). The molecule has 0 saturated carbocycles. The summed E-state index contributed by atoms with van der Waals surface area (Å²) in [6.45, 7) is 1.66. The van der Waals surface area contributed by atoms with Gasteiger partial charge in [0.2, 0.25) is 5.91 Å². The van der Waals surface area contributed by atoms with Gasteiger partial charge < -0.3 is 9.84 Å². The Kier molecular flexibility index (Phi) is 6.01. The number of amides is 1. The smallest absolute Gasteiger partial charge is 0.263 e. The van der Waals surface area contributed by atoms with Crippen molar-refractivity contribution in [2.45, 2.75) is 24.7 Å². The van der Waals surface area contributed by atoms with Gasteiger partial charge in [-0.2, -0.15) is 0 Å². The number of aryl methyl sites for hydroxylation is 2. The fraction of sp³-hybridized carbons (Fsp3) is 0.158. The van der Waals surface area contributed by atoms with Gasteiger partial charge >= 0.3 is 0 Å². The molecule has 0 saturated heterocycles. The van der Waals surface area contributed by atoms with Crippen LogP contribution in [0.1, 0.15) is 17.7 Å². The van der Waals surface area contributed by atoms with Crippen molar-refractivity contribution in [2.24, 2.45) is 0 Å². The van der Waals surface area contributed by atoms with Gasteiger partial charge in [-0.25, -0.2) is 8.42 Å². The summed E-state index contributed by atoms with van der Waals surface area (Å²) < 4.78 is 31.8. The minimum Gasteiger partial charge on any atom is -0.360 e. The molecule has 7 nitrogen and oxygen atoms in total. The van der Waals surface area contributed by atoms with Crippen LogP contribution in [0.25, 0.3) is 0 Å². The molecule has 1 aromatic heterocycles. The van der Waals surface area contributed by atoms with Crippen molar-refractivity contribution in [3.63, 3.8) is 0 Å². The van der Waals surface area contributed by atoms with Gasteiger partial charge in [-0.1, -0.05) is 28.9 Å². The molecule has 0 radical (unpaired) electrons. The van der Waals surface area contributed by atoms with Crippen molar-refractivity contribution < 1.29 is 17.7 Å². The summed E-state index contributed by atoms with van der Waals surface area (Å²) in [5.41, 5.74) is 1.48. The Morgan fingerprint density at radius 3 is 2.54 bits per heavy atom. The summed E-state index contributed by atoms with van der Waals surface area (Å²) in [7, 11) is -3.79. The molecular formula is C19H18ClN3O4S. The average Bonchev–Trinajstić information content (AvgIpc) is 3.04. The highest BCUT2D eigenvalue weighted by Crippen LogP contribution is 2.19. The molecule has 28 heavy (non-hydrogen) atoms. The second kappa shape index (κ2) is 8.45. The van der Waals surface area contributed by atoms with Gasteiger partial charge in [-0.15, -0.1) is 0 Å². The molecule has 0 aliphatic heterocycles. The summed E-state index contributed by atoms with van der Waals surface area (Å²) in [6, 6.07) is 14.7. The molecule has 1 amide bonds. The lowest BCUT2D eigenvalue weighted by Crippen LogP contribution is -2.14. The quantitative estimate of drug-likeness (QED) is 0.602. The van der Waals surface area contributed by atoms with Crippen LogP contribution in [0.5, 0.6) is 0 Å². The van der Waals surface area contributed by atoms with E-state index in [9.17, 15) is 13.2 Å². The van der Waals surface area contributed by atoms with Gasteiger partial charge in [0.1, 0.15) is 5.76 Å². The average molecular weight is 420 g/mol. The Hall–Kier alpha value is -2.84. The second-order valence-corrected chi connectivity index (χ2v) is 8.25. The van der Waals surface area contributed by atoms with E-state index in [4.69, 9.17) is 16.1 Å². The maximum Gasteiger partial charge on any atom is 0.263 e. The van der Waals surface area contributed by atoms with E-state index in [1.807, 2.05) is 18.2 Å². The Labute approximate surface area is 167 Å². The predicted molar refractivity (Wildman–Crippen MR) is 107 cm³/mol. The molecule has 2 N–H and O–H groups in total. The van der Waals surface area contributed by atoms with Gasteiger partial charge in [0.05, 0.1) is 4.90 Å². The lowest BCUT2D eigenvalue weighted by molar-refractivity contribution is -0.116. The first kappa shape index (κ1) is 19.9. The molecule has 146 valence electrons. The number of anilines is 2. The number of nitrogens with one attached hydrogen (secondary N) is 2. The highest BCUT2D eigenvalue weighted by atomic mass is 35.5. The van der Waals surface area contributed by atoms with E-state index < -0.39 is 10.0 Å². The zero-order valence-corrected chi connectivity index (χ0v) is 16.5. The van der Waals surface area contributed by atoms with E-state index in [-0.39, 0.29) is 23.0 Å². The third kappa shape index (κ3) is 5.34. The van der Waals surface area contributed by atoms with E-state index in [0.717, 1.165) is 5.56 Å². The number of carbonyl (C=O) groups is 1. The van der Waals surface area contributed by atoms with E-state index in [2.05, 4.69) is 15.2 Å². The summed E-state index contributed by atoms with van der Waals surface area (Å²) in [6.07, 6.45) is 0.841. The maximum atomic E-state index is 12.3. The van der Waals surface area contributed by atoms with Crippen LogP contribution in [0, 0.1) is 6.92 Å². The number of benzene rings is 2. The Morgan fingerprint density at radius 2 is 1.89 bits per heavy atom. The molecule has 2 aromatic carbocycles. The molecular weight excluding hydrogens is 402 g/mol. The van der Waals surface area contributed by atoms with Crippen LogP contribution in [-0.4, -0.2) is 19.5 Å². The largest absolute Gasteiger partial charge is 0.360 e. The van der Waals surface area contributed by atoms with E-state index in [1.165, 1.54) is 30.3 Å². The van der Waals surface area contributed by atoms with Gasteiger partial charge in [0.15, 0.2) is 5.82 Å². The molecule has 9 heteroatoms. The van der Waals surface area contributed by atoms with Crippen molar-refractivity contribution in [1.29, 1.82) is 0 Å². The summed E-state index contributed by atoms with van der Waals surface area (Å²) in [5.74, 6) is 0.427. The SMILES string of the molecule is Cc1cc(NS(=O)(=O)c2ccc(NC(=O)CCc3cccc(Cl)c3)cc2)no1. The number of nitrogens with zero attached hydrogens (tertiary/aromatic N) is 1. The Bertz CT molecular complexity index is 1080. The first-order chi connectivity index (χ1) is 13.3. The monoisotopic (exact) mass is 419 g/mol. The molecule has 3 aromatic rings. The summed E-state index contributed by atoms with van der Waals surface area (Å²) in [4.78, 5) is 12.1. The Morgan fingerprint density at radius 1 is 1.14 bits per heavy atom. The summed E-state index contributed by atoms with van der Waals surface area (Å²) >= 11 is 5.93. The van der Waals surface area contributed by atoms with Gasteiger partial charge in [0, 0.05) is 23.2 Å². The minimum absolute atomic E-state index is 0.0464. The van der Waals surface area contributed by atoms with Crippen LogP contribution in [0.3, 0.4) is 0 Å². The van der Waals surface area contributed by atoms with Crippen molar-refractivity contribution in [1.82, 2.24) is 5.16 Å². The number of carbonyl (C=O) groups excluding carboxylic acids is 1. The predicted octanol–water partition coefficient (Wildman–Crippen LogP) is 4.01. The molecule has 0 spiro atoms. The maximum absolute atomic E-state index is 12.3. The zero-order valence-electron chi connectivity index (χ0n) is 15.0. The van der Waals surface area contributed by atoms with Crippen molar-refractivity contribution in [3.05, 3.63) is 70.9 Å². The molecule has 1 heterocycles. The lowest BCUT2D eigenvalue weighted by Gasteiger charge is -2.08. The number of halogens is 1. The topological polar surface area (TPSA) is 101 Å². The van der Waals surface area contributed by atoms with Crippen LogP contribution >= 0.6 is 11.6 Å². The normalized spacial score (nSPS) is 11.2. The number of hydrogen-bond acceptors (Lipinski definition) is 5. The zero-order chi connectivity index (χ0) is 20.1. The molecule has 3 rings (SSSR count). The minimum atomic E-state index is -3.79. The van der Waals surface area contributed by atoms with E-state index >= 15 is 0 Å². The van der Waals surface area contributed by atoms with Crippen LogP contribution in [-0.2, 0) is 21.2 Å². The Balaban J connectivity index is 1.58. The van der Waals surface area contributed by atoms with E-state index in [1.54, 1.807) is 13.0 Å². The van der Waals surface area contributed by atoms with Crippen LogP contribution in [0.4, 0.5) is 11.5 Å². The van der Waals surface area contributed by atoms with E-state index in [0.29, 0.717) is 22.9 Å². The number of rotatable bonds is 7. The number of aromatic nitrogens is 1. The van der Waals surface area contributed by atoms with Crippen molar-refractivity contribution in [3.8, 4) is 0 Å². The molecule has 0 fully saturated rings. The highest BCUT2D eigenvalue weighted by molar-refractivity contribution is 7.92. The van der Waals surface area contributed by atoms with Gasteiger partial charge in [0.25, 0.3) is 10.0 Å². The first-order valence-corrected chi connectivity index (χ1v) is 10.3. The van der Waals surface area contributed by atoms with Crippen molar-refractivity contribution >= 4 is 39.0 Å². The van der Waals surface area contributed by atoms with Crippen LogP contribution in [0.15, 0.2) is 64.0 Å². The summed E-state index contributed by atoms with van der Waals surface area (Å²) in [5, 5.41) is 6.98. The molecule has 0 bridgehead atoms. The molecule has 0 aliphatic carbocycles. The fourth-order valence-corrected chi connectivity index (χ4v) is 3.70. The number of sulfonamides is 1. The lowest BCUT2D eigenvalue weighted by atomic mass is 10.1. The molecule has 0 unspecified atom stereocenters. The van der Waals surface area contributed by atoms with Crippen LogP contribution in [0.2, 0.25) is 5.02 Å². The highest BCUT2D eigenvalue weighted by Gasteiger charge is 2.16. The number of hydrogen-bond donors (Lipinski definition) is 2. The second-order valence-electron chi connectivity index (χ2n) is 6.13. The fourth-order valence-electron chi connectivity index (χ4n) is 2.50.